The van der Waals surface area contributed by atoms with Crippen LogP contribution in [0, 0.1) is 0 Å². The maximum atomic E-state index is 6.60. The minimum atomic E-state index is 0.632. The van der Waals surface area contributed by atoms with Gasteiger partial charge in [-0.05, 0) is 109 Å². The van der Waals surface area contributed by atoms with Crippen molar-refractivity contribution in [3.8, 4) is 33.7 Å². The first-order valence-corrected chi connectivity index (χ1v) is 19.0. The fourth-order valence-corrected chi connectivity index (χ4v) is 8.35. The molecule has 0 amide bonds. The van der Waals surface area contributed by atoms with Crippen LogP contribution in [0.5, 0.6) is 0 Å². The van der Waals surface area contributed by atoms with E-state index in [1.54, 1.807) is 0 Å². The Labute approximate surface area is 324 Å². The van der Waals surface area contributed by atoms with Gasteiger partial charge < -0.3 is 9.32 Å². The van der Waals surface area contributed by atoms with Gasteiger partial charge in [-0.2, -0.15) is 0 Å². The molecule has 3 nitrogen and oxygen atoms in total. The summed E-state index contributed by atoms with van der Waals surface area (Å²) in [7, 11) is 0. The van der Waals surface area contributed by atoms with Crippen molar-refractivity contribution in [2.24, 2.45) is 0 Å². The number of benzene rings is 10. The molecule has 0 bridgehead atoms. The molecule has 262 valence electrons. The van der Waals surface area contributed by atoms with Crippen LogP contribution in [0.2, 0.25) is 0 Å². The van der Waals surface area contributed by atoms with E-state index in [1.165, 1.54) is 49.2 Å². The van der Waals surface area contributed by atoms with Crippen LogP contribution in [0.1, 0.15) is 0 Å². The molecule has 10 aromatic carbocycles. The third-order valence-electron chi connectivity index (χ3n) is 11.0. The molecule has 0 aliphatic rings. The Balaban J connectivity index is 1.09. The molecule has 0 unspecified atom stereocenters. The van der Waals surface area contributed by atoms with Crippen LogP contribution in [0.25, 0.3) is 87.9 Å². The summed E-state index contributed by atoms with van der Waals surface area (Å²) in [6.07, 6.45) is 0. The average molecular weight is 715 g/mol. The number of aromatic nitrogens is 1. The number of rotatable bonds is 6. The zero-order valence-corrected chi connectivity index (χ0v) is 30.4. The number of anilines is 3. The number of fused-ring (bicyclic) bond motifs is 8. The first-order valence-electron chi connectivity index (χ1n) is 19.0. The molecule has 0 spiro atoms. The van der Waals surface area contributed by atoms with Gasteiger partial charge in [-0.15, -0.1) is 0 Å². The van der Waals surface area contributed by atoms with Crippen molar-refractivity contribution >= 4 is 71.3 Å². The van der Waals surface area contributed by atoms with Gasteiger partial charge in [0, 0.05) is 33.4 Å². The summed E-state index contributed by atoms with van der Waals surface area (Å²) in [5, 5.41) is 9.37. The molecule has 0 fully saturated rings. The highest BCUT2D eigenvalue weighted by atomic mass is 16.3. The van der Waals surface area contributed by atoms with E-state index in [9.17, 15) is 0 Å². The van der Waals surface area contributed by atoms with Crippen LogP contribution in [-0.4, -0.2) is 4.98 Å². The standard InChI is InChI=1S/C53H34N2O/c1-3-11-35(12-4-1)41-17-9-18-44(33-41)55(43-28-25-37(26-29-43)47-20-10-16-36-13-7-8-19-46(36)47)45-30-31-48-42(34-45)24-23-38-21-22-39-27-32-49-52(51(39)50(38)48)56-53(54-49)40-14-5-2-6-15-40/h1-34H. The number of oxazole rings is 1. The fraction of sp³-hybridized carbons (Fsp3) is 0. The highest BCUT2D eigenvalue weighted by Crippen LogP contribution is 2.42. The van der Waals surface area contributed by atoms with Crippen LogP contribution in [0.4, 0.5) is 17.1 Å². The number of hydrogen-bond donors (Lipinski definition) is 0. The highest BCUT2D eigenvalue weighted by Gasteiger charge is 2.18. The molecule has 0 atom stereocenters. The number of nitrogens with zero attached hydrogens (tertiary/aromatic N) is 2. The predicted octanol–water partition coefficient (Wildman–Crippen LogP) is 14.9. The van der Waals surface area contributed by atoms with Crippen molar-refractivity contribution in [1.82, 2.24) is 4.98 Å². The van der Waals surface area contributed by atoms with Gasteiger partial charge in [-0.25, -0.2) is 4.98 Å². The molecule has 11 rings (SSSR count). The van der Waals surface area contributed by atoms with E-state index >= 15 is 0 Å². The summed E-state index contributed by atoms with van der Waals surface area (Å²) in [5.74, 6) is 0.632. The molecule has 0 N–H and O–H groups in total. The second-order valence-corrected chi connectivity index (χ2v) is 14.4. The lowest BCUT2D eigenvalue weighted by Gasteiger charge is -2.27. The van der Waals surface area contributed by atoms with Crippen LogP contribution in [0.15, 0.2) is 211 Å². The topological polar surface area (TPSA) is 29.3 Å². The Bertz CT molecular complexity index is 3230. The molecule has 0 saturated heterocycles. The van der Waals surface area contributed by atoms with E-state index in [0.29, 0.717) is 5.89 Å². The molecular formula is C53H34N2O. The molecule has 0 aliphatic carbocycles. The fourth-order valence-electron chi connectivity index (χ4n) is 8.35. The number of hydrogen-bond acceptors (Lipinski definition) is 3. The summed E-state index contributed by atoms with van der Waals surface area (Å²) in [6.45, 7) is 0. The SMILES string of the molecule is c1ccc(-c2cccc(N(c3ccc(-c4cccc5ccccc45)cc3)c3ccc4c(ccc5ccc6ccc7nc(-c8ccccc8)oc7c6c54)c3)c2)cc1. The summed E-state index contributed by atoms with van der Waals surface area (Å²) >= 11 is 0. The van der Waals surface area contributed by atoms with Gasteiger partial charge in [0.25, 0.3) is 0 Å². The van der Waals surface area contributed by atoms with Crippen molar-refractivity contribution in [3.05, 3.63) is 206 Å². The molecule has 1 heterocycles. The van der Waals surface area contributed by atoms with Gasteiger partial charge in [0.2, 0.25) is 5.89 Å². The minimum Gasteiger partial charge on any atom is -0.435 e. The lowest BCUT2D eigenvalue weighted by Crippen LogP contribution is -2.10. The molecule has 0 aliphatic heterocycles. The van der Waals surface area contributed by atoms with E-state index in [0.717, 1.165) is 49.9 Å². The normalized spacial score (nSPS) is 11.6. The van der Waals surface area contributed by atoms with Crippen molar-refractivity contribution in [2.45, 2.75) is 0 Å². The molecule has 56 heavy (non-hydrogen) atoms. The Morgan fingerprint density at radius 1 is 0.357 bits per heavy atom. The highest BCUT2D eigenvalue weighted by molar-refractivity contribution is 6.26. The van der Waals surface area contributed by atoms with E-state index in [4.69, 9.17) is 9.40 Å². The van der Waals surface area contributed by atoms with Gasteiger partial charge in [-0.3, -0.25) is 0 Å². The van der Waals surface area contributed by atoms with Crippen LogP contribution in [0.3, 0.4) is 0 Å². The van der Waals surface area contributed by atoms with Crippen molar-refractivity contribution < 1.29 is 4.42 Å². The monoisotopic (exact) mass is 714 g/mol. The van der Waals surface area contributed by atoms with Crippen molar-refractivity contribution in [2.75, 3.05) is 4.90 Å². The lowest BCUT2D eigenvalue weighted by atomic mass is 9.95. The first kappa shape index (κ1) is 32.0. The minimum absolute atomic E-state index is 0.632. The summed E-state index contributed by atoms with van der Waals surface area (Å²) in [6, 6.07) is 73.6. The van der Waals surface area contributed by atoms with E-state index in [2.05, 4.69) is 181 Å². The van der Waals surface area contributed by atoms with E-state index < -0.39 is 0 Å². The molecular weight excluding hydrogens is 681 g/mol. The zero-order valence-electron chi connectivity index (χ0n) is 30.4. The molecule has 3 heteroatoms. The van der Waals surface area contributed by atoms with Gasteiger partial charge in [0.1, 0.15) is 5.52 Å². The Morgan fingerprint density at radius 3 is 1.80 bits per heavy atom. The van der Waals surface area contributed by atoms with Gasteiger partial charge >= 0.3 is 0 Å². The van der Waals surface area contributed by atoms with Gasteiger partial charge in [0.05, 0.1) is 0 Å². The maximum absolute atomic E-state index is 6.60. The Morgan fingerprint density at radius 2 is 0.982 bits per heavy atom. The predicted molar refractivity (Wildman–Crippen MR) is 235 cm³/mol. The molecule has 0 saturated carbocycles. The molecule has 11 aromatic rings. The summed E-state index contributed by atoms with van der Waals surface area (Å²) < 4.78 is 6.60. The third-order valence-corrected chi connectivity index (χ3v) is 11.0. The summed E-state index contributed by atoms with van der Waals surface area (Å²) in [4.78, 5) is 7.29. The second-order valence-electron chi connectivity index (χ2n) is 14.4. The summed E-state index contributed by atoms with van der Waals surface area (Å²) in [5.41, 5.74) is 10.7. The molecule has 1 aromatic heterocycles. The smallest absolute Gasteiger partial charge is 0.227 e. The van der Waals surface area contributed by atoms with Gasteiger partial charge in [0.15, 0.2) is 5.58 Å². The Hall–Kier alpha value is -7.49. The van der Waals surface area contributed by atoms with Gasteiger partial charge in [-0.1, -0.05) is 152 Å². The van der Waals surface area contributed by atoms with Crippen LogP contribution >= 0.6 is 0 Å². The second kappa shape index (κ2) is 13.1. The maximum Gasteiger partial charge on any atom is 0.227 e. The molecule has 0 radical (unpaired) electrons. The van der Waals surface area contributed by atoms with Crippen molar-refractivity contribution in [1.29, 1.82) is 0 Å². The van der Waals surface area contributed by atoms with E-state index in [1.807, 2.05) is 30.3 Å². The Kier molecular flexibility index (Phi) is 7.49. The third kappa shape index (κ3) is 5.40. The van der Waals surface area contributed by atoms with Crippen LogP contribution < -0.4 is 4.90 Å². The van der Waals surface area contributed by atoms with Crippen molar-refractivity contribution in [3.63, 3.8) is 0 Å². The first-order chi connectivity index (χ1) is 27.7. The van der Waals surface area contributed by atoms with E-state index in [-0.39, 0.29) is 0 Å². The average Bonchev–Trinajstić information content (AvgIpc) is 3.72. The quantitative estimate of drug-likeness (QED) is 0.161. The zero-order chi connectivity index (χ0) is 37.0. The largest absolute Gasteiger partial charge is 0.435 e. The van der Waals surface area contributed by atoms with Crippen LogP contribution in [-0.2, 0) is 0 Å². The lowest BCUT2D eigenvalue weighted by molar-refractivity contribution is 0.623.